The van der Waals surface area contributed by atoms with Crippen LogP contribution >= 0.6 is 0 Å². The summed E-state index contributed by atoms with van der Waals surface area (Å²) in [4.78, 5) is 2.31. The molecule has 0 radical (unpaired) electrons. The molecule has 1 nitrogen and oxygen atoms in total. The van der Waals surface area contributed by atoms with Gasteiger partial charge in [0.05, 0.1) is 5.54 Å². The summed E-state index contributed by atoms with van der Waals surface area (Å²) in [5, 5.41) is 0. The lowest BCUT2D eigenvalue weighted by Gasteiger charge is -2.33. The van der Waals surface area contributed by atoms with Crippen LogP contribution in [0, 0.1) is 12.3 Å². The molecule has 72 valence electrons. The predicted octanol–water partition coefficient (Wildman–Crippen LogP) is 2.46. The lowest BCUT2D eigenvalue weighted by atomic mass is 10.0. The van der Waals surface area contributed by atoms with E-state index in [-0.39, 0.29) is 5.54 Å². The van der Waals surface area contributed by atoms with Gasteiger partial charge in [-0.15, -0.1) is 6.42 Å². The van der Waals surface area contributed by atoms with Crippen LogP contribution in [0.2, 0.25) is 0 Å². The summed E-state index contributed by atoms with van der Waals surface area (Å²) in [5.74, 6) is 2.85. The lowest BCUT2D eigenvalue weighted by Crippen LogP contribution is -2.41. The van der Waals surface area contributed by atoms with Crippen molar-refractivity contribution >= 4 is 5.69 Å². The molecule has 14 heavy (non-hydrogen) atoms. The van der Waals surface area contributed by atoms with Crippen LogP contribution < -0.4 is 4.90 Å². The van der Waals surface area contributed by atoms with Gasteiger partial charge in [-0.3, -0.25) is 0 Å². The third-order valence-electron chi connectivity index (χ3n) is 2.92. The Balaban J connectivity index is 2.41. The van der Waals surface area contributed by atoms with Gasteiger partial charge in [0.25, 0.3) is 0 Å². The van der Waals surface area contributed by atoms with Gasteiger partial charge in [0.2, 0.25) is 0 Å². The van der Waals surface area contributed by atoms with Gasteiger partial charge in [0.15, 0.2) is 0 Å². The fraction of sp³-hybridized carbons (Fsp3) is 0.385. The molecule has 0 bridgehead atoms. The van der Waals surface area contributed by atoms with E-state index in [0.717, 1.165) is 13.0 Å². The largest absolute Gasteiger partial charge is 0.355 e. The Labute approximate surface area is 85.7 Å². The molecule has 0 aliphatic carbocycles. The van der Waals surface area contributed by atoms with Gasteiger partial charge in [-0.05, 0) is 31.9 Å². The normalized spacial score (nSPS) is 15.1. The zero-order chi connectivity index (χ0) is 10.2. The Morgan fingerprint density at radius 3 is 2.79 bits per heavy atom. The van der Waals surface area contributed by atoms with E-state index in [9.17, 15) is 0 Å². The zero-order valence-electron chi connectivity index (χ0n) is 8.75. The molecule has 0 aromatic heterocycles. The first-order valence-electron chi connectivity index (χ1n) is 4.98. The molecule has 1 heteroatoms. The first-order valence-corrected chi connectivity index (χ1v) is 4.98. The quantitative estimate of drug-likeness (QED) is 0.607. The fourth-order valence-electron chi connectivity index (χ4n) is 2.00. The molecule has 2 rings (SSSR count). The highest BCUT2D eigenvalue weighted by Gasteiger charge is 2.29. The van der Waals surface area contributed by atoms with Crippen molar-refractivity contribution in [2.45, 2.75) is 25.8 Å². The number of benzene rings is 1. The zero-order valence-corrected chi connectivity index (χ0v) is 8.75. The number of rotatable bonds is 1. The number of terminal acetylenes is 1. The maximum Gasteiger partial charge on any atom is 0.0953 e. The third kappa shape index (κ3) is 1.28. The summed E-state index contributed by atoms with van der Waals surface area (Å²) < 4.78 is 0. The van der Waals surface area contributed by atoms with Crippen LogP contribution in [0.4, 0.5) is 5.69 Å². The Morgan fingerprint density at radius 1 is 1.36 bits per heavy atom. The number of anilines is 1. The van der Waals surface area contributed by atoms with Crippen molar-refractivity contribution in [3.05, 3.63) is 29.8 Å². The van der Waals surface area contributed by atoms with E-state index in [0.29, 0.717) is 0 Å². The SMILES string of the molecule is C#CC(C)(C)N1CCc2ccccc21. The standard InChI is InChI=1S/C13H15N/c1-4-13(2,3)14-10-9-11-7-5-6-8-12(11)14/h1,5-8H,9-10H2,2-3H3. The topological polar surface area (TPSA) is 3.24 Å². The third-order valence-corrected chi connectivity index (χ3v) is 2.92. The molecule has 1 aliphatic heterocycles. The van der Waals surface area contributed by atoms with Crippen LogP contribution in [0.5, 0.6) is 0 Å². The molecule has 1 heterocycles. The Hall–Kier alpha value is -1.42. The summed E-state index contributed by atoms with van der Waals surface area (Å²) >= 11 is 0. The van der Waals surface area contributed by atoms with Crippen molar-refractivity contribution < 1.29 is 0 Å². The molecule has 0 saturated carbocycles. The van der Waals surface area contributed by atoms with Crippen LogP contribution in [0.1, 0.15) is 19.4 Å². The second kappa shape index (κ2) is 3.06. The van der Waals surface area contributed by atoms with Crippen molar-refractivity contribution in [1.82, 2.24) is 0 Å². The van der Waals surface area contributed by atoms with E-state index >= 15 is 0 Å². The summed E-state index contributed by atoms with van der Waals surface area (Å²) in [6.45, 7) is 5.22. The lowest BCUT2D eigenvalue weighted by molar-refractivity contribution is 0.597. The minimum Gasteiger partial charge on any atom is -0.355 e. The summed E-state index contributed by atoms with van der Waals surface area (Å²) in [6.07, 6.45) is 6.66. The van der Waals surface area contributed by atoms with Crippen LogP contribution in [0.3, 0.4) is 0 Å². The summed E-state index contributed by atoms with van der Waals surface area (Å²) in [7, 11) is 0. The minimum absolute atomic E-state index is 0.174. The van der Waals surface area contributed by atoms with Crippen molar-refractivity contribution in [2.24, 2.45) is 0 Å². The van der Waals surface area contributed by atoms with Crippen LogP contribution in [-0.4, -0.2) is 12.1 Å². The summed E-state index contributed by atoms with van der Waals surface area (Å²) in [5.41, 5.74) is 2.54. The monoisotopic (exact) mass is 185 g/mol. The second-order valence-electron chi connectivity index (χ2n) is 4.23. The maximum absolute atomic E-state index is 5.55. The molecule has 0 unspecified atom stereocenters. The predicted molar refractivity (Wildman–Crippen MR) is 60.4 cm³/mol. The van der Waals surface area contributed by atoms with E-state index in [1.807, 2.05) is 0 Å². The molecular weight excluding hydrogens is 170 g/mol. The van der Waals surface area contributed by atoms with Crippen molar-refractivity contribution in [3.63, 3.8) is 0 Å². The highest BCUT2D eigenvalue weighted by molar-refractivity contribution is 5.61. The summed E-state index contributed by atoms with van der Waals surface area (Å²) in [6, 6.07) is 8.50. The molecule has 0 amide bonds. The molecule has 1 aliphatic rings. The van der Waals surface area contributed by atoms with Crippen LogP contribution in [-0.2, 0) is 6.42 Å². The van der Waals surface area contributed by atoms with Gasteiger partial charge < -0.3 is 4.90 Å². The molecule has 0 fully saturated rings. The van der Waals surface area contributed by atoms with Crippen molar-refractivity contribution in [2.75, 3.05) is 11.4 Å². The highest BCUT2D eigenvalue weighted by Crippen LogP contribution is 2.32. The molecular formula is C13H15N. The molecule has 0 spiro atoms. The van der Waals surface area contributed by atoms with Crippen molar-refractivity contribution in [3.8, 4) is 12.3 Å². The van der Waals surface area contributed by atoms with Gasteiger partial charge in [-0.1, -0.05) is 24.1 Å². The molecule has 1 aromatic rings. The Bertz CT molecular complexity index is 384. The average Bonchev–Trinajstić information content (AvgIpc) is 2.61. The van der Waals surface area contributed by atoms with E-state index in [4.69, 9.17) is 6.42 Å². The molecule has 0 saturated heterocycles. The number of fused-ring (bicyclic) bond motifs is 1. The van der Waals surface area contributed by atoms with Gasteiger partial charge in [-0.2, -0.15) is 0 Å². The smallest absolute Gasteiger partial charge is 0.0953 e. The highest BCUT2D eigenvalue weighted by atomic mass is 15.2. The van der Waals surface area contributed by atoms with E-state index in [1.54, 1.807) is 0 Å². The molecule has 0 N–H and O–H groups in total. The number of nitrogens with zero attached hydrogens (tertiary/aromatic N) is 1. The van der Waals surface area contributed by atoms with Gasteiger partial charge in [0, 0.05) is 12.2 Å². The second-order valence-corrected chi connectivity index (χ2v) is 4.23. The van der Waals surface area contributed by atoms with E-state index < -0.39 is 0 Å². The van der Waals surface area contributed by atoms with Crippen LogP contribution in [0.15, 0.2) is 24.3 Å². The van der Waals surface area contributed by atoms with E-state index in [2.05, 4.69) is 48.9 Å². The van der Waals surface area contributed by atoms with Gasteiger partial charge >= 0.3 is 0 Å². The average molecular weight is 185 g/mol. The fourth-order valence-corrected chi connectivity index (χ4v) is 2.00. The van der Waals surface area contributed by atoms with Gasteiger partial charge in [0.1, 0.15) is 0 Å². The number of hydrogen-bond donors (Lipinski definition) is 0. The minimum atomic E-state index is -0.174. The molecule has 1 aromatic carbocycles. The van der Waals surface area contributed by atoms with Crippen molar-refractivity contribution in [1.29, 1.82) is 0 Å². The van der Waals surface area contributed by atoms with E-state index in [1.165, 1.54) is 11.3 Å². The number of para-hydroxylation sites is 1. The first kappa shape index (κ1) is 9.15. The Kier molecular flexibility index (Phi) is 2.00. The van der Waals surface area contributed by atoms with Crippen LogP contribution in [0.25, 0.3) is 0 Å². The number of hydrogen-bond acceptors (Lipinski definition) is 1. The maximum atomic E-state index is 5.55. The molecule has 0 atom stereocenters. The first-order chi connectivity index (χ1) is 6.65. The van der Waals surface area contributed by atoms with Gasteiger partial charge in [-0.25, -0.2) is 0 Å². The Morgan fingerprint density at radius 2 is 2.07 bits per heavy atom.